The Balaban J connectivity index is 2.53. The molecular formula is C13H9N3O. The lowest BCUT2D eigenvalue weighted by atomic mass is 10.1. The van der Waals surface area contributed by atoms with Gasteiger partial charge in [-0.3, -0.25) is 9.78 Å². The van der Waals surface area contributed by atoms with E-state index in [2.05, 4.69) is 4.98 Å². The summed E-state index contributed by atoms with van der Waals surface area (Å²) in [7, 11) is 0. The molecule has 17 heavy (non-hydrogen) atoms. The molecule has 0 radical (unpaired) electrons. The highest BCUT2D eigenvalue weighted by Gasteiger charge is 2.04. The Morgan fingerprint density at radius 2 is 2.12 bits per heavy atom. The van der Waals surface area contributed by atoms with Gasteiger partial charge in [0.05, 0.1) is 11.3 Å². The maximum absolute atomic E-state index is 10.7. The predicted octanol–water partition coefficient (Wildman–Crippen LogP) is 2.01. The van der Waals surface area contributed by atoms with E-state index in [4.69, 9.17) is 11.0 Å². The van der Waals surface area contributed by atoms with E-state index < -0.39 is 0 Å². The summed E-state index contributed by atoms with van der Waals surface area (Å²) < 4.78 is 0. The van der Waals surface area contributed by atoms with Gasteiger partial charge in [-0.05, 0) is 24.3 Å². The first-order valence-corrected chi connectivity index (χ1v) is 4.96. The molecule has 2 aromatic rings. The zero-order valence-corrected chi connectivity index (χ0v) is 8.92. The van der Waals surface area contributed by atoms with Crippen LogP contribution in [-0.4, -0.2) is 11.3 Å². The Morgan fingerprint density at radius 1 is 1.29 bits per heavy atom. The fraction of sp³-hybridized carbons (Fsp3) is 0. The lowest BCUT2D eigenvalue weighted by Crippen LogP contribution is -1.92. The van der Waals surface area contributed by atoms with Crippen LogP contribution in [0.2, 0.25) is 0 Å². The molecule has 0 aliphatic rings. The molecule has 0 aliphatic heterocycles. The number of rotatable bonds is 2. The number of aldehydes is 1. The summed E-state index contributed by atoms with van der Waals surface area (Å²) in [5.41, 5.74) is 8.43. The molecule has 2 N–H and O–H groups in total. The van der Waals surface area contributed by atoms with Gasteiger partial charge in [0.2, 0.25) is 0 Å². The Bertz CT molecular complexity index is 614. The van der Waals surface area contributed by atoms with Crippen LogP contribution in [0.3, 0.4) is 0 Å². The number of hydrogen-bond acceptors (Lipinski definition) is 4. The van der Waals surface area contributed by atoms with Crippen molar-refractivity contribution < 1.29 is 4.79 Å². The van der Waals surface area contributed by atoms with E-state index in [9.17, 15) is 4.79 Å². The van der Waals surface area contributed by atoms with Gasteiger partial charge >= 0.3 is 0 Å². The highest BCUT2D eigenvalue weighted by Crippen LogP contribution is 2.22. The summed E-state index contributed by atoms with van der Waals surface area (Å²) in [4.78, 5) is 14.8. The molecule has 82 valence electrons. The van der Waals surface area contributed by atoms with Gasteiger partial charge in [0.1, 0.15) is 12.4 Å². The summed E-state index contributed by atoms with van der Waals surface area (Å²) in [6.45, 7) is 0. The molecule has 0 amide bonds. The van der Waals surface area contributed by atoms with Gasteiger partial charge < -0.3 is 5.73 Å². The summed E-state index contributed by atoms with van der Waals surface area (Å²) in [6.07, 6.45) is 2.31. The van der Waals surface area contributed by atoms with Crippen LogP contribution in [-0.2, 0) is 0 Å². The summed E-state index contributed by atoms with van der Waals surface area (Å²) in [5, 5.41) is 8.88. The number of nitrogens with two attached hydrogens (primary N) is 1. The van der Waals surface area contributed by atoms with Crippen molar-refractivity contribution in [2.75, 3.05) is 5.73 Å². The van der Waals surface area contributed by atoms with E-state index in [1.807, 2.05) is 6.07 Å². The van der Waals surface area contributed by atoms with Crippen molar-refractivity contribution in [2.45, 2.75) is 0 Å². The SMILES string of the molecule is N#Cc1cc(-c2cc(C=O)ccn2)ccc1N. The van der Waals surface area contributed by atoms with Crippen LogP contribution in [0, 0.1) is 11.3 Å². The Morgan fingerprint density at radius 3 is 2.82 bits per heavy atom. The van der Waals surface area contributed by atoms with E-state index in [1.54, 1.807) is 36.5 Å². The number of nitrogen functional groups attached to an aromatic ring is 1. The number of pyridine rings is 1. The summed E-state index contributed by atoms with van der Waals surface area (Å²) in [5.74, 6) is 0. The van der Waals surface area contributed by atoms with Crippen LogP contribution < -0.4 is 5.73 Å². The normalized spacial score (nSPS) is 9.59. The van der Waals surface area contributed by atoms with Crippen molar-refractivity contribution in [2.24, 2.45) is 0 Å². The molecule has 0 fully saturated rings. The highest BCUT2D eigenvalue weighted by molar-refractivity contribution is 5.78. The van der Waals surface area contributed by atoms with Crippen molar-refractivity contribution >= 4 is 12.0 Å². The fourth-order valence-electron chi connectivity index (χ4n) is 1.49. The molecule has 4 heteroatoms. The van der Waals surface area contributed by atoms with Crippen molar-refractivity contribution in [1.82, 2.24) is 4.98 Å². The van der Waals surface area contributed by atoms with Crippen LogP contribution in [0.5, 0.6) is 0 Å². The Hall–Kier alpha value is -2.67. The average molecular weight is 223 g/mol. The molecule has 1 heterocycles. The van der Waals surface area contributed by atoms with Crippen molar-refractivity contribution in [3.05, 3.63) is 47.7 Å². The molecule has 0 unspecified atom stereocenters. The zero-order chi connectivity index (χ0) is 12.3. The quantitative estimate of drug-likeness (QED) is 0.623. The lowest BCUT2D eigenvalue weighted by molar-refractivity contribution is 0.112. The van der Waals surface area contributed by atoms with Gasteiger partial charge in [-0.2, -0.15) is 5.26 Å². The second kappa shape index (κ2) is 4.45. The molecule has 2 rings (SSSR count). The molecule has 4 nitrogen and oxygen atoms in total. The first-order valence-electron chi connectivity index (χ1n) is 4.96. The first kappa shape index (κ1) is 10.8. The van der Waals surface area contributed by atoms with Gasteiger partial charge in [-0.1, -0.05) is 6.07 Å². The van der Waals surface area contributed by atoms with Crippen LogP contribution >= 0.6 is 0 Å². The van der Waals surface area contributed by atoms with E-state index in [-0.39, 0.29) is 0 Å². The zero-order valence-electron chi connectivity index (χ0n) is 8.92. The standard InChI is InChI=1S/C13H9N3O/c14-7-11-6-10(1-2-12(11)15)13-5-9(8-17)3-4-16-13/h1-6,8H,15H2. The molecule has 0 saturated heterocycles. The summed E-state index contributed by atoms with van der Waals surface area (Å²) >= 11 is 0. The number of aromatic nitrogens is 1. The molecule has 0 saturated carbocycles. The van der Waals surface area contributed by atoms with E-state index in [0.717, 1.165) is 11.8 Å². The van der Waals surface area contributed by atoms with E-state index >= 15 is 0 Å². The maximum Gasteiger partial charge on any atom is 0.150 e. The number of nitrogens with zero attached hydrogens (tertiary/aromatic N) is 2. The number of carbonyl (C=O) groups excluding carboxylic acids is 1. The minimum Gasteiger partial charge on any atom is -0.398 e. The average Bonchev–Trinajstić information content (AvgIpc) is 2.39. The van der Waals surface area contributed by atoms with Crippen molar-refractivity contribution in [3.8, 4) is 17.3 Å². The lowest BCUT2D eigenvalue weighted by Gasteiger charge is -2.03. The molecule has 1 aromatic heterocycles. The first-order chi connectivity index (χ1) is 8.24. The number of anilines is 1. The van der Waals surface area contributed by atoms with Crippen LogP contribution in [0.4, 0.5) is 5.69 Å². The minimum atomic E-state index is 0.404. The fourth-order valence-corrected chi connectivity index (χ4v) is 1.49. The minimum absolute atomic E-state index is 0.404. The molecule has 0 bridgehead atoms. The monoisotopic (exact) mass is 223 g/mol. The highest BCUT2D eigenvalue weighted by atomic mass is 16.1. The number of carbonyl (C=O) groups is 1. The van der Waals surface area contributed by atoms with Gasteiger partial charge in [0.25, 0.3) is 0 Å². The van der Waals surface area contributed by atoms with Gasteiger partial charge in [-0.25, -0.2) is 0 Å². The third kappa shape index (κ3) is 2.13. The topological polar surface area (TPSA) is 79.8 Å². The maximum atomic E-state index is 10.7. The molecular weight excluding hydrogens is 214 g/mol. The van der Waals surface area contributed by atoms with Crippen LogP contribution in [0.1, 0.15) is 15.9 Å². The predicted molar refractivity (Wildman–Crippen MR) is 64.2 cm³/mol. The van der Waals surface area contributed by atoms with E-state index in [1.165, 1.54) is 0 Å². The second-order valence-electron chi connectivity index (χ2n) is 3.51. The smallest absolute Gasteiger partial charge is 0.150 e. The molecule has 0 spiro atoms. The van der Waals surface area contributed by atoms with E-state index in [0.29, 0.717) is 22.5 Å². The summed E-state index contributed by atoms with van der Waals surface area (Å²) in [6, 6.07) is 10.4. The van der Waals surface area contributed by atoms with Crippen molar-refractivity contribution in [1.29, 1.82) is 5.26 Å². The number of hydrogen-bond donors (Lipinski definition) is 1. The molecule has 0 atom stereocenters. The molecule has 1 aromatic carbocycles. The third-order valence-electron chi connectivity index (χ3n) is 2.39. The Labute approximate surface area is 98.3 Å². The Kier molecular flexibility index (Phi) is 2.84. The van der Waals surface area contributed by atoms with Crippen molar-refractivity contribution in [3.63, 3.8) is 0 Å². The number of benzene rings is 1. The largest absolute Gasteiger partial charge is 0.398 e. The molecule has 0 aliphatic carbocycles. The van der Waals surface area contributed by atoms with Crippen LogP contribution in [0.25, 0.3) is 11.3 Å². The number of nitriles is 1. The van der Waals surface area contributed by atoms with Gasteiger partial charge in [0, 0.05) is 23.0 Å². The van der Waals surface area contributed by atoms with Gasteiger partial charge in [-0.15, -0.1) is 0 Å². The van der Waals surface area contributed by atoms with Gasteiger partial charge in [0.15, 0.2) is 0 Å². The van der Waals surface area contributed by atoms with Crippen LogP contribution in [0.15, 0.2) is 36.5 Å². The third-order valence-corrected chi connectivity index (χ3v) is 2.39. The second-order valence-corrected chi connectivity index (χ2v) is 3.51.